The van der Waals surface area contributed by atoms with Crippen LogP contribution in [-0.4, -0.2) is 17.2 Å². The van der Waals surface area contributed by atoms with Crippen molar-refractivity contribution >= 4 is 0 Å². The first-order chi connectivity index (χ1) is 5.79. The first kappa shape index (κ1) is 8.44. The van der Waals surface area contributed by atoms with Crippen LogP contribution in [0, 0.1) is 5.92 Å². The molecule has 0 saturated carbocycles. The van der Waals surface area contributed by atoms with E-state index in [1.54, 1.807) is 0 Å². The Balaban J connectivity index is 2.03. The molecule has 0 radical (unpaired) electrons. The molecule has 2 atom stereocenters. The van der Waals surface area contributed by atoms with Crippen LogP contribution in [-0.2, 0) is 0 Å². The van der Waals surface area contributed by atoms with E-state index in [2.05, 4.69) is 35.4 Å². The van der Waals surface area contributed by atoms with Crippen LogP contribution in [0.15, 0.2) is 0 Å². The molecule has 3 N–H and O–H groups in total. The molecule has 12 heavy (non-hydrogen) atoms. The zero-order valence-corrected chi connectivity index (χ0v) is 7.80. The molecule has 2 rings (SSSR count). The number of nitrogens with zero attached hydrogens (tertiary/aromatic N) is 1. The number of fused-ring (bicyclic) bond motifs is 1. The first-order valence-electron chi connectivity index (χ1n) is 4.83. The highest BCUT2D eigenvalue weighted by Crippen LogP contribution is 2.25. The standard InChI is InChI=1S/C8H18N4/c1-6(2)7-4-3-5-8-9-10-11-12(7)8/h6-11H,3-5H2,1-2H3. The first-order valence-corrected chi connectivity index (χ1v) is 4.83. The predicted molar refractivity (Wildman–Crippen MR) is 47.5 cm³/mol. The predicted octanol–water partition coefficient (Wildman–Crippen LogP) is 0.350. The van der Waals surface area contributed by atoms with Crippen LogP contribution in [0.2, 0.25) is 0 Å². The molecule has 2 saturated heterocycles. The Morgan fingerprint density at radius 1 is 1.33 bits per heavy atom. The van der Waals surface area contributed by atoms with Gasteiger partial charge in [-0.1, -0.05) is 13.8 Å². The SMILES string of the molecule is CC(C)C1CCCC2NNNN21. The average molecular weight is 170 g/mol. The van der Waals surface area contributed by atoms with Gasteiger partial charge in [-0.25, -0.2) is 10.4 Å². The van der Waals surface area contributed by atoms with E-state index in [0.29, 0.717) is 12.2 Å². The molecular formula is C8H18N4. The summed E-state index contributed by atoms with van der Waals surface area (Å²) < 4.78 is 0. The molecule has 0 aromatic carbocycles. The van der Waals surface area contributed by atoms with E-state index in [9.17, 15) is 0 Å². The number of hydrogen-bond donors (Lipinski definition) is 3. The van der Waals surface area contributed by atoms with Gasteiger partial charge in [-0.05, 0) is 25.2 Å². The molecule has 2 aliphatic heterocycles. The van der Waals surface area contributed by atoms with Crippen LogP contribution >= 0.6 is 0 Å². The van der Waals surface area contributed by atoms with Crippen LogP contribution in [0.4, 0.5) is 0 Å². The molecule has 0 aromatic heterocycles. The number of rotatable bonds is 1. The van der Waals surface area contributed by atoms with Gasteiger partial charge < -0.3 is 0 Å². The van der Waals surface area contributed by atoms with E-state index in [4.69, 9.17) is 0 Å². The fraction of sp³-hybridized carbons (Fsp3) is 1.00. The van der Waals surface area contributed by atoms with Crippen molar-refractivity contribution in [2.24, 2.45) is 5.92 Å². The molecule has 4 nitrogen and oxygen atoms in total. The molecule has 2 aliphatic rings. The van der Waals surface area contributed by atoms with E-state index in [1.807, 2.05) is 0 Å². The summed E-state index contributed by atoms with van der Waals surface area (Å²) in [6, 6.07) is 0.672. The maximum Gasteiger partial charge on any atom is 0.0890 e. The molecule has 2 unspecified atom stereocenters. The third-order valence-electron chi connectivity index (χ3n) is 2.86. The number of piperidine rings is 1. The van der Waals surface area contributed by atoms with Gasteiger partial charge in [0.15, 0.2) is 0 Å². The Kier molecular flexibility index (Phi) is 2.32. The highest BCUT2D eigenvalue weighted by molar-refractivity contribution is 4.83. The second-order valence-electron chi connectivity index (χ2n) is 4.05. The number of nitrogens with one attached hydrogen (secondary N) is 3. The van der Waals surface area contributed by atoms with Gasteiger partial charge in [0, 0.05) is 6.04 Å². The van der Waals surface area contributed by atoms with E-state index >= 15 is 0 Å². The lowest BCUT2D eigenvalue weighted by Crippen LogP contribution is -2.52. The molecule has 0 bridgehead atoms. The van der Waals surface area contributed by atoms with Gasteiger partial charge >= 0.3 is 0 Å². The van der Waals surface area contributed by atoms with Gasteiger partial charge in [-0.3, -0.25) is 0 Å². The van der Waals surface area contributed by atoms with Crippen LogP contribution < -0.4 is 16.5 Å². The highest BCUT2D eigenvalue weighted by Gasteiger charge is 2.35. The third kappa shape index (κ3) is 1.35. The topological polar surface area (TPSA) is 39.3 Å². The van der Waals surface area contributed by atoms with Gasteiger partial charge in [0.05, 0.1) is 6.17 Å². The smallest absolute Gasteiger partial charge is 0.0890 e. The van der Waals surface area contributed by atoms with Gasteiger partial charge in [0.2, 0.25) is 0 Å². The van der Waals surface area contributed by atoms with Crippen molar-refractivity contribution in [1.29, 1.82) is 0 Å². The monoisotopic (exact) mass is 170 g/mol. The van der Waals surface area contributed by atoms with Crippen molar-refractivity contribution in [2.45, 2.75) is 45.3 Å². The van der Waals surface area contributed by atoms with E-state index in [1.165, 1.54) is 19.3 Å². The van der Waals surface area contributed by atoms with Crippen LogP contribution in [0.5, 0.6) is 0 Å². The second kappa shape index (κ2) is 3.30. The second-order valence-corrected chi connectivity index (χ2v) is 4.05. The zero-order valence-electron chi connectivity index (χ0n) is 7.80. The van der Waals surface area contributed by atoms with Gasteiger partial charge in [-0.2, -0.15) is 11.1 Å². The summed E-state index contributed by atoms with van der Waals surface area (Å²) in [6.07, 6.45) is 4.37. The lowest BCUT2D eigenvalue weighted by molar-refractivity contribution is 0.0392. The normalized spacial score (nSPS) is 37.2. The minimum Gasteiger partial charge on any atom is -0.225 e. The number of hydrogen-bond acceptors (Lipinski definition) is 4. The summed E-state index contributed by atoms with van der Waals surface area (Å²) in [5, 5.41) is 2.31. The Labute approximate surface area is 73.6 Å². The minimum absolute atomic E-state index is 0.492. The van der Waals surface area contributed by atoms with E-state index in [-0.39, 0.29) is 0 Å². The van der Waals surface area contributed by atoms with Crippen molar-refractivity contribution in [3.05, 3.63) is 0 Å². The van der Waals surface area contributed by atoms with Crippen molar-refractivity contribution < 1.29 is 0 Å². The lowest BCUT2D eigenvalue weighted by Gasteiger charge is -2.37. The lowest BCUT2D eigenvalue weighted by atomic mass is 9.93. The quantitative estimate of drug-likeness (QED) is 0.531. The Morgan fingerprint density at radius 3 is 2.92 bits per heavy atom. The van der Waals surface area contributed by atoms with E-state index < -0.39 is 0 Å². The summed E-state index contributed by atoms with van der Waals surface area (Å²) >= 11 is 0. The fourth-order valence-electron chi connectivity index (χ4n) is 2.17. The Hall–Kier alpha value is -0.160. The Bertz CT molecular complexity index is 159. The van der Waals surface area contributed by atoms with Crippen molar-refractivity contribution in [3.8, 4) is 0 Å². The third-order valence-corrected chi connectivity index (χ3v) is 2.86. The van der Waals surface area contributed by atoms with Crippen molar-refractivity contribution in [3.63, 3.8) is 0 Å². The molecule has 2 heterocycles. The van der Waals surface area contributed by atoms with E-state index in [0.717, 1.165) is 5.92 Å². The molecule has 0 amide bonds. The number of hydrazine groups is 3. The molecule has 0 aliphatic carbocycles. The summed E-state index contributed by atoms with van der Waals surface area (Å²) in [7, 11) is 0. The summed E-state index contributed by atoms with van der Waals surface area (Å²) in [6.45, 7) is 4.57. The van der Waals surface area contributed by atoms with Gasteiger partial charge in [0.1, 0.15) is 0 Å². The maximum atomic E-state index is 3.21. The van der Waals surface area contributed by atoms with Crippen LogP contribution in [0.3, 0.4) is 0 Å². The maximum absolute atomic E-state index is 3.21. The Morgan fingerprint density at radius 2 is 2.17 bits per heavy atom. The van der Waals surface area contributed by atoms with Crippen molar-refractivity contribution in [2.75, 3.05) is 0 Å². The summed E-state index contributed by atoms with van der Waals surface area (Å²) in [5.41, 5.74) is 9.35. The molecule has 0 aromatic rings. The molecular weight excluding hydrogens is 152 g/mol. The largest absolute Gasteiger partial charge is 0.225 e. The highest BCUT2D eigenvalue weighted by atomic mass is 15.9. The minimum atomic E-state index is 0.492. The molecule has 70 valence electrons. The van der Waals surface area contributed by atoms with Crippen LogP contribution in [0.1, 0.15) is 33.1 Å². The molecule has 4 heteroatoms. The molecule has 0 spiro atoms. The van der Waals surface area contributed by atoms with Gasteiger partial charge in [-0.15, -0.1) is 0 Å². The zero-order chi connectivity index (χ0) is 8.55. The van der Waals surface area contributed by atoms with Crippen molar-refractivity contribution in [1.82, 2.24) is 21.5 Å². The summed E-state index contributed by atoms with van der Waals surface area (Å²) in [5.74, 6) is 0.724. The molecule has 2 fully saturated rings. The summed E-state index contributed by atoms with van der Waals surface area (Å²) in [4.78, 5) is 0. The fourth-order valence-corrected chi connectivity index (χ4v) is 2.17. The average Bonchev–Trinajstić information content (AvgIpc) is 2.49. The van der Waals surface area contributed by atoms with Gasteiger partial charge in [0.25, 0.3) is 0 Å². The van der Waals surface area contributed by atoms with Crippen LogP contribution in [0.25, 0.3) is 0 Å².